The van der Waals surface area contributed by atoms with Crippen molar-refractivity contribution in [3.05, 3.63) is 77.8 Å². The second kappa shape index (κ2) is 11.4. The Morgan fingerprint density at radius 2 is 1.53 bits per heavy atom. The summed E-state index contributed by atoms with van der Waals surface area (Å²) in [6.45, 7) is 1.58. The van der Waals surface area contributed by atoms with E-state index in [9.17, 15) is 18.0 Å². The topological polar surface area (TPSA) is 131 Å². The van der Waals surface area contributed by atoms with Gasteiger partial charge in [-0.2, -0.15) is 0 Å². The van der Waals surface area contributed by atoms with Crippen LogP contribution in [0.5, 0.6) is 0 Å². The third-order valence-electron chi connectivity index (χ3n) is 5.51. The first kappa shape index (κ1) is 26.8. The zero-order valence-electron chi connectivity index (χ0n) is 20.5. The normalized spacial score (nSPS) is 11.1. The van der Waals surface area contributed by atoms with Crippen LogP contribution in [-0.4, -0.2) is 43.9 Å². The van der Waals surface area contributed by atoms with E-state index in [0.717, 1.165) is 0 Å². The number of ether oxygens (including phenoxy) is 1. The number of anilines is 4. The van der Waals surface area contributed by atoms with Crippen LogP contribution < -0.4 is 14.9 Å². The third-order valence-corrected chi connectivity index (χ3v) is 7.12. The molecule has 196 valence electrons. The van der Waals surface area contributed by atoms with Gasteiger partial charge in [0.05, 0.1) is 29.5 Å². The molecule has 0 atom stereocenters. The molecule has 0 bridgehead atoms. The van der Waals surface area contributed by atoms with Gasteiger partial charge in [-0.25, -0.2) is 18.4 Å². The van der Waals surface area contributed by atoms with Gasteiger partial charge >= 0.3 is 5.97 Å². The number of fused-ring (bicyclic) bond motifs is 1. The van der Waals surface area contributed by atoms with Crippen LogP contribution in [0.3, 0.4) is 0 Å². The highest BCUT2D eigenvalue weighted by atomic mass is 35.5. The van der Waals surface area contributed by atoms with Gasteiger partial charge in [0.15, 0.2) is 11.6 Å². The van der Waals surface area contributed by atoms with E-state index in [1.54, 1.807) is 48.5 Å². The lowest BCUT2D eigenvalue weighted by molar-refractivity contribution is -0.140. The number of rotatable bonds is 9. The minimum absolute atomic E-state index is 0.00571. The number of hydrogen-bond donors (Lipinski definition) is 2. The first-order valence-electron chi connectivity index (χ1n) is 11.4. The highest BCUT2D eigenvalue weighted by Gasteiger charge is 2.19. The van der Waals surface area contributed by atoms with Crippen molar-refractivity contribution in [1.82, 2.24) is 9.97 Å². The van der Waals surface area contributed by atoms with Crippen LogP contribution in [0, 0.1) is 0 Å². The van der Waals surface area contributed by atoms with E-state index in [0.29, 0.717) is 27.4 Å². The minimum atomic E-state index is -3.99. The highest BCUT2D eigenvalue weighted by Crippen LogP contribution is 2.28. The smallest absolute Gasteiger partial charge is 0.307 e. The summed E-state index contributed by atoms with van der Waals surface area (Å²) in [5, 5.41) is 3.51. The van der Waals surface area contributed by atoms with Crippen LogP contribution in [0.15, 0.2) is 77.7 Å². The second-order valence-electron chi connectivity index (χ2n) is 8.14. The van der Waals surface area contributed by atoms with Gasteiger partial charge in [0.2, 0.25) is 5.91 Å². The van der Waals surface area contributed by atoms with Crippen molar-refractivity contribution in [2.45, 2.75) is 18.2 Å². The van der Waals surface area contributed by atoms with E-state index in [1.807, 2.05) is 0 Å². The molecule has 0 saturated carbocycles. The Morgan fingerprint density at radius 1 is 0.921 bits per heavy atom. The molecule has 0 fully saturated rings. The lowest BCUT2D eigenvalue weighted by Gasteiger charge is -2.21. The van der Waals surface area contributed by atoms with Gasteiger partial charge in [0.25, 0.3) is 10.0 Å². The predicted molar refractivity (Wildman–Crippen MR) is 146 cm³/mol. The number of nitrogens with one attached hydrogen (secondary N) is 2. The molecule has 0 unspecified atom stereocenters. The molecular formula is C26H24ClN5O5S. The van der Waals surface area contributed by atoms with Gasteiger partial charge in [-0.15, -0.1) is 0 Å². The van der Waals surface area contributed by atoms with Gasteiger partial charge in [-0.1, -0.05) is 23.7 Å². The lowest BCUT2D eigenvalue weighted by atomic mass is 10.2. The first-order valence-corrected chi connectivity index (χ1v) is 13.3. The molecule has 1 aromatic heterocycles. The van der Waals surface area contributed by atoms with Crippen LogP contribution in [0.1, 0.15) is 13.3 Å². The largest absolute Gasteiger partial charge is 0.469 e. The van der Waals surface area contributed by atoms with E-state index in [-0.39, 0.29) is 35.4 Å². The quantitative estimate of drug-likeness (QED) is 0.284. The summed E-state index contributed by atoms with van der Waals surface area (Å²) >= 11 is 5.90. The Hall–Kier alpha value is -4.22. The van der Waals surface area contributed by atoms with Crippen molar-refractivity contribution in [2.24, 2.45) is 0 Å². The Labute approximate surface area is 224 Å². The van der Waals surface area contributed by atoms with Crippen LogP contribution in [0.25, 0.3) is 11.0 Å². The van der Waals surface area contributed by atoms with E-state index in [1.165, 1.54) is 43.2 Å². The van der Waals surface area contributed by atoms with Gasteiger partial charge < -0.3 is 15.0 Å². The van der Waals surface area contributed by atoms with Crippen molar-refractivity contribution >= 4 is 67.5 Å². The molecule has 0 saturated heterocycles. The molecule has 2 N–H and O–H groups in total. The summed E-state index contributed by atoms with van der Waals surface area (Å²) in [6.07, 6.45) is 0.0554. The zero-order chi connectivity index (χ0) is 27.3. The molecular weight excluding hydrogens is 530 g/mol. The standard InChI is InChI=1S/C26H24ClN5O5S/c1-17(33)32(16-15-24(34)37-2)20-11-9-19(10-12-20)28-25-26(30-23-6-4-3-5-22(23)29-25)31-38(35,36)21-13-7-18(27)8-14-21/h3-14H,15-16H2,1-2H3,(H,28,29)(H,30,31). The molecule has 4 aromatic rings. The van der Waals surface area contributed by atoms with Crippen LogP contribution in [-0.2, 0) is 24.3 Å². The maximum atomic E-state index is 13.0. The maximum absolute atomic E-state index is 13.0. The number of benzene rings is 3. The number of carbonyl (C=O) groups is 2. The fourth-order valence-corrected chi connectivity index (χ4v) is 4.73. The molecule has 1 amide bonds. The number of para-hydroxylation sites is 2. The number of aromatic nitrogens is 2. The van der Waals surface area contributed by atoms with E-state index < -0.39 is 16.0 Å². The molecule has 12 heteroatoms. The first-order chi connectivity index (χ1) is 18.2. The van der Waals surface area contributed by atoms with Gasteiger partial charge in [0, 0.05) is 29.9 Å². The van der Waals surface area contributed by atoms with E-state index >= 15 is 0 Å². The Balaban J connectivity index is 1.63. The number of methoxy groups -OCH3 is 1. The van der Waals surface area contributed by atoms with Crippen LogP contribution in [0.2, 0.25) is 5.02 Å². The SMILES string of the molecule is COC(=O)CCN(C(C)=O)c1ccc(Nc2nc3ccccc3nc2NS(=O)(=O)c2ccc(Cl)cc2)cc1. The van der Waals surface area contributed by atoms with Crippen molar-refractivity contribution in [3.63, 3.8) is 0 Å². The Bertz CT molecular complexity index is 1580. The van der Waals surface area contributed by atoms with Gasteiger partial charge in [0.1, 0.15) is 0 Å². The summed E-state index contributed by atoms with van der Waals surface area (Å²) in [7, 11) is -2.70. The van der Waals surface area contributed by atoms with Crippen LogP contribution >= 0.6 is 11.6 Å². The Morgan fingerprint density at radius 3 is 2.11 bits per heavy atom. The van der Waals surface area contributed by atoms with Crippen molar-refractivity contribution < 1.29 is 22.7 Å². The summed E-state index contributed by atoms with van der Waals surface area (Å²) in [5.41, 5.74) is 2.22. The van der Waals surface area contributed by atoms with Gasteiger partial charge in [-0.3, -0.25) is 14.3 Å². The maximum Gasteiger partial charge on any atom is 0.307 e. The van der Waals surface area contributed by atoms with Crippen molar-refractivity contribution in [3.8, 4) is 0 Å². The fraction of sp³-hybridized carbons (Fsp3) is 0.154. The molecule has 0 aliphatic heterocycles. The molecule has 0 aliphatic carbocycles. The summed E-state index contributed by atoms with van der Waals surface area (Å²) in [6, 6.07) is 19.6. The monoisotopic (exact) mass is 553 g/mol. The highest BCUT2D eigenvalue weighted by molar-refractivity contribution is 7.92. The number of carbonyl (C=O) groups excluding carboxylic acids is 2. The molecule has 1 heterocycles. The number of nitrogens with zero attached hydrogens (tertiary/aromatic N) is 3. The minimum Gasteiger partial charge on any atom is -0.469 e. The van der Waals surface area contributed by atoms with Crippen LogP contribution in [0.4, 0.5) is 23.0 Å². The average molecular weight is 554 g/mol. The fourth-order valence-electron chi connectivity index (χ4n) is 3.59. The molecule has 0 aliphatic rings. The number of hydrogen-bond acceptors (Lipinski definition) is 8. The zero-order valence-corrected chi connectivity index (χ0v) is 22.1. The van der Waals surface area contributed by atoms with Gasteiger partial charge in [-0.05, 0) is 60.7 Å². The summed E-state index contributed by atoms with van der Waals surface area (Å²) in [5.74, 6) is -0.457. The average Bonchev–Trinajstić information content (AvgIpc) is 2.89. The molecule has 0 radical (unpaired) electrons. The van der Waals surface area contributed by atoms with Crippen molar-refractivity contribution in [2.75, 3.05) is 28.6 Å². The molecule has 3 aromatic carbocycles. The summed E-state index contributed by atoms with van der Waals surface area (Å²) in [4.78, 5) is 34.2. The molecule has 38 heavy (non-hydrogen) atoms. The third kappa shape index (κ3) is 6.36. The lowest BCUT2D eigenvalue weighted by Crippen LogP contribution is -2.31. The second-order valence-corrected chi connectivity index (χ2v) is 10.3. The van der Waals surface area contributed by atoms with E-state index in [4.69, 9.17) is 11.6 Å². The number of halogens is 1. The summed E-state index contributed by atoms with van der Waals surface area (Å²) < 4.78 is 33.3. The van der Waals surface area contributed by atoms with E-state index in [2.05, 4.69) is 24.7 Å². The number of esters is 1. The predicted octanol–water partition coefficient (Wildman–Crippen LogP) is 4.74. The molecule has 10 nitrogen and oxygen atoms in total. The molecule has 4 rings (SSSR count). The number of sulfonamides is 1. The van der Waals surface area contributed by atoms with Crippen molar-refractivity contribution in [1.29, 1.82) is 0 Å². The number of amides is 1. The Kier molecular flexibility index (Phi) is 8.08. The molecule has 0 spiro atoms.